The van der Waals surface area contributed by atoms with E-state index in [0.29, 0.717) is 12.6 Å². The van der Waals surface area contributed by atoms with E-state index in [1.807, 2.05) is 11.9 Å². The summed E-state index contributed by atoms with van der Waals surface area (Å²) in [5.41, 5.74) is 0. The normalized spacial score (nSPS) is 17.9. The second-order valence-electron chi connectivity index (χ2n) is 3.93. The molecule has 82 valence electrons. The van der Waals surface area contributed by atoms with Crippen LogP contribution in [0.15, 0.2) is 0 Å². The molecular weight excluding hydrogens is 196 g/mol. The van der Waals surface area contributed by atoms with Crippen LogP contribution in [0.1, 0.15) is 32.1 Å². The molecule has 0 aromatic rings. The summed E-state index contributed by atoms with van der Waals surface area (Å²) >= 11 is 5.23. The van der Waals surface area contributed by atoms with E-state index in [9.17, 15) is 0 Å². The Balaban J connectivity index is 2.24. The highest BCUT2D eigenvalue weighted by molar-refractivity contribution is 7.80. The fraction of sp³-hybridized carbons (Fsp3) is 0.900. The van der Waals surface area contributed by atoms with E-state index in [2.05, 4.69) is 5.32 Å². The van der Waals surface area contributed by atoms with Crippen LogP contribution in [0, 0.1) is 0 Å². The average Bonchev–Trinajstić information content (AvgIpc) is 2.19. The number of aliphatic hydroxyl groups excluding tert-OH is 1. The Labute approximate surface area is 91.5 Å². The maximum atomic E-state index is 8.76. The van der Waals surface area contributed by atoms with Gasteiger partial charge < -0.3 is 15.3 Å². The zero-order valence-corrected chi connectivity index (χ0v) is 9.65. The first-order chi connectivity index (χ1) is 6.74. The van der Waals surface area contributed by atoms with Crippen molar-refractivity contribution in [2.24, 2.45) is 0 Å². The predicted octanol–water partition coefficient (Wildman–Crippen LogP) is 1.12. The molecule has 2 N–H and O–H groups in total. The van der Waals surface area contributed by atoms with Crippen LogP contribution in [0.25, 0.3) is 0 Å². The van der Waals surface area contributed by atoms with Crippen molar-refractivity contribution in [1.29, 1.82) is 0 Å². The first kappa shape index (κ1) is 11.7. The molecule has 0 aromatic carbocycles. The Morgan fingerprint density at radius 3 is 2.64 bits per heavy atom. The molecule has 14 heavy (non-hydrogen) atoms. The third kappa shape index (κ3) is 3.80. The van der Waals surface area contributed by atoms with Gasteiger partial charge in [0, 0.05) is 19.6 Å². The molecule has 0 saturated heterocycles. The number of aliphatic hydroxyl groups is 1. The fourth-order valence-electron chi connectivity index (χ4n) is 1.78. The summed E-state index contributed by atoms with van der Waals surface area (Å²) in [6, 6.07) is 0.553. The monoisotopic (exact) mass is 216 g/mol. The van der Waals surface area contributed by atoms with E-state index < -0.39 is 0 Å². The number of likely N-dealkylation sites (N-methyl/N-ethyl adjacent to an activating group) is 1. The van der Waals surface area contributed by atoms with Crippen molar-refractivity contribution in [1.82, 2.24) is 10.2 Å². The molecule has 0 atom stereocenters. The van der Waals surface area contributed by atoms with Gasteiger partial charge in [0.2, 0.25) is 0 Å². The molecule has 1 saturated carbocycles. The quantitative estimate of drug-likeness (QED) is 0.693. The molecule has 1 fully saturated rings. The molecule has 0 bridgehead atoms. The number of nitrogens with one attached hydrogen (secondary N) is 1. The largest absolute Gasteiger partial charge is 0.395 e. The first-order valence-corrected chi connectivity index (χ1v) is 5.77. The van der Waals surface area contributed by atoms with Crippen molar-refractivity contribution in [3.63, 3.8) is 0 Å². The van der Waals surface area contributed by atoms with E-state index in [1.165, 1.54) is 32.1 Å². The molecule has 0 heterocycles. The van der Waals surface area contributed by atoms with E-state index in [0.717, 1.165) is 5.11 Å². The smallest absolute Gasteiger partial charge is 0.168 e. The van der Waals surface area contributed by atoms with Gasteiger partial charge in [-0.25, -0.2) is 0 Å². The molecule has 0 spiro atoms. The van der Waals surface area contributed by atoms with Crippen molar-refractivity contribution >= 4 is 17.3 Å². The SMILES string of the molecule is CN(CCO)C(=S)NC1CCCCC1. The highest BCUT2D eigenvalue weighted by atomic mass is 32.1. The number of hydrogen-bond acceptors (Lipinski definition) is 2. The van der Waals surface area contributed by atoms with E-state index in [-0.39, 0.29) is 6.61 Å². The Kier molecular flexibility index (Phi) is 5.19. The summed E-state index contributed by atoms with van der Waals surface area (Å²) in [4.78, 5) is 1.89. The molecule has 1 rings (SSSR count). The van der Waals surface area contributed by atoms with Crippen molar-refractivity contribution in [3.8, 4) is 0 Å². The lowest BCUT2D eigenvalue weighted by Crippen LogP contribution is -2.44. The Hall–Kier alpha value is -0.350. The van der Waals surface area contributed by atoms with Crippen LogP contribution in [0.3, 0.4) is 0 Å². The summed E-state index contributed by atoms with van der Waals surface area (Å²) in [6.45, 7) is 0.765. The lowest BCUT2D eigenvalue weighted by molar-refractivity contribution is 0.261. The van der Waals surface area contributed by atoms with Gasteiger partial charge in [-0.1, -0.05) is 19.3 Å². The van der Waals surface area contributed by atoms with Crippen LogP contribution in [-0.4, -0.2) is 41.4 Å². The molecule has 0 aromatic heterocycles. The standard InChI is InChI=1S/C10H20N2OS/c1-12(7-8-13)10(14)11-9-5-3-2-4-6-9/h9,13H,2-8H2,1H3,(H,11,14). The van der Waals surface area contributed by atoms with Gasteiger partial charge in [-0.3, -0.25) is 0 Å². The minimum Gasteiger partial charge on any atom is -0.395 e. The predicted molar refractivity (Wildman–Crippen MR) is 62.3 cm³/mol. The Bertz CT molecular complexity index is 181. The molecular formula is C10H20N2OS. The first-order valence-electron chi connectivity index (χ1n) is 5.36. The van der Waals surface area contributed by atoms with Crippen LogP contribution in [0.5, 0.6) is 0 Å². The van der Waals surface area contributed by atoms with Gasteiger partial charge in [0.15, 0.2) is 5.11 Å². The average molecular weight is 216 g/mol. The van der Waals surface area contributed by atoms with Crippen LogP contribution in [-0.2, 0) is 0 Å². The van der Waals surface area contributed by atoms with Gasteiger partial charge >= 0.3 is 0 Å². The minimum atomic E-state index is 0.156. The molecule has 1 aliphatic rings. The van der Waals surface area contributed by atoms with Crippen molar-refractivity contribution in [3.05, 3.63) is 0 Å². The van der Waals surface area contributed by atoms with Gasteiger partial charge in [-0.15, -0.1) is 0 Å². The zero-order chi connectivity index (χ0) is 10.4. The second-order valence-corrected chi connectivity index (χ2v) is 4.32. The molecule has 4 heteroatoms. The molecule has 0 amide bonds. The number of thiocarbonyl (C=S) groups is 1. The van der Waals surface area contributed by atoms with Gasteiger partial charge in [0.1, 0.15) is 0 Å². The lowest BCUT2D eigenvalue weighted by Gasteiger charge is -2.28. The van der Waals surface area contributed by atoms with Crippen molar-refractivity contribution in [2.45, 2.75) is 38.1 Å². The summed E-state index contributed by atoms with van der Waals surface area (Å²) in [5.74, 6) is 0. The summed E-state index contributed by atoms with van der Waals surface area (Å²) in [6.07, 6.45) is 6.44. The highest BCUT2D eigenvalue weighted by Crippen LogP contribution is 2.17. The van der Waals surface area contributed by atoms with Gasteiger partial charge in [-0.2, -0.15) is 0 Å². The van der Waals surface area contributed by atoms with E-state index in [4.69, 9.17) is 17.3 Å². The van der Waals surface area contributed by atoms with Crippen LogP contribution in [0.2, 0.25) is 0 Å². The molecule has 0 radical (unpaired) electrons. The van der Waals surface area contributed by atoms with Gasteiger partial charge in [0.25, 0.3) is 0 Å². The summed E-state index contributed by atoms with van der Waals surface area (Å²) < 4.78 is 0. The summed E-state index contributed by atoms with van der Waals surface area (Å²) in [5, 5.41) is 12.9. The zero-order valence-electron chi connectivity index (χ0n) is 8.83. The number of nitrogens with zero attached hydrogens (tertiary/aromatic N) is 1. The van der Waals surface area contributed by atoms with Gasteiger partial charge in [0.05, 0.1) is 6.61 Å². The Morgan fingerprint density at radius 1 is 1.43 bits per heavy atom. The second kappa shape index (κ2) is 6.19. The minimum absolute atomic E-state index is 0.156. The topological polar surface area (TPSA) is 35.5 Å². The van der Waals surface area contributed by atoms with E-state index in [1.54, 1.807) is 0 Å². The van der Waals surface area contributed by atoms with Crippen LogP contribution >= 0.6 is 12.2 Å². The number of rotatable bonds is 3. The third-order valence-electron chi connectivity index (χ3n) is 2.71. The van der Waals surface area contributed by atoms with Crippen LogP contribution < -0.4 is 5.32 Å². The van der Waals surface area contributed by atoms with Crippen LogP contribution in [0.4, 0.5) is 0 Å². The van der Waals surface area contributed by atoms with E-state index >= 15 is 0 Å². The molecule has 0 aliphatic heterocycles. The molecule has 1 aliphatic carbocycles. The maximum absolute atomic E-state index is 8.76. The fourth-order valence-corrected chi connectivity index (χ4v) is 2.04. The third-order valence-corrected chi connectivity index (χ3v) is 3.14. The number of hydrogen-bond donors (Lipinski definition) is 2. The van der Waals surface area contributed by atoms with Crippen molar-refractivity contribution < 1.29 is 5.11 Å². The maximum Gasteiger partial charge on any atom is 0.168 e. The Morgan fingerprint density at radius 2 is 2.07 bits per heavy atom. The molecule has 3 nitrogen and oxygen atoms in total. The summed E-state index contributed by atoms with van der Waals surface area (Å²) in [7, 11) is 1.91. The van der Waals surface area contributed by atoms with Crippen molar-refractivity contribution in [2.75, 3.05) is 20.2 Å². The lowest BCUT2D eigenvalue weighted by atomic mass is 9.96. The highest BCUT2D eigenvalue weighted by Gasteiger charge is 2.15. The van der Waals surface area contributed by atoms with Gasteiger partial charge in [-0.05, 0) is 25.1 Å². The molecule has 0 unspecified atom stereocenters.